The second-order valence-electron chi connectivity index (χ2n) is 5.84. The van der Waals surface area contributed by atoms with Gasteiger partial charge in [-0.15, -0.1) is 0 Å². The Kier molecular flexibility index (Phi) is 4.99. The lowest BCUT2D eigenvalue weighted by Gasteiger charge is -2.30. The van der Waals surface area contributed by atoms with E-state index in [0.29, 0.717) is 43.5 Å². The van der Waals surface area contributed by atoms with Gasteiger partial charge in [0.05, 0.1) is 26.4 Å². The van der Waals surface area contributed by atoms with Gasteiger partial charge in [0.25, 0.3) is 0 Å². The van der Waals surface area contributed by atoms with Gasteiger partial charge in [0, 0.05) is 45.6 Å². The molecule has 0 aliphatic carbocycles. The van der Waals surface area contributed by atoms with Crippen LogP contribution in [-0.4, -0.2) is 77.1 Å². The molecular weight excluding hydrogens is 342 g/mol. The van der Waals surface area contributed by atoms with Crippen LogP contribution >= 0.6 is 11.8 Å². The highest BCUT2D eigenvalue weighted by molar-refractivity contribution is 7.99. The molecule has 25 heavy (non-hydrogen) atoms. The maximum absolute atomic E-state index is 5.44. The number of anilines is 2. The minimum atomic E-state index is 0.660. The van der Waals surface area contributed by atoms with Gasteiger partial charge in [0.15, 0.2) is 5.16 Å². The van der Waals surface area contributed by atoms with E-state index in [1.54, 1.807) is 6.20 Å². The minimum absolute atomic E-state index is 0.660. The summed E-state index contributed by atoms with van der Waals surface area (Å²) in [5.74, 6) is 1.41. The molecule has 2 aromatic rings. The van der Waals surface area contributed by atoms with Gasteiger partial charge in [0.2, 0.25) is 17.1 Å². The van der Waals surface area contributed by atoms with E-state index in [1.807, 2.05) is 17.8 Å². The number of imidazole rings is 1. The van der Waals surface area contributed by atoms with Gasteiger partial charge in [-0.1, -0.05) is 0 Å². The summed E-state index contributed by atoms with van der Waals surface area (Å²) >= 11 is 1.45. The van der Waals surface area contributed by atoms with Crippen LogP contribution in [0.3, 0.4) is 0 Å². The summed E-state index contributed by atoms with van der Waals surface area (Å²) in [4.78, 5) is 22.7. The number of hydrogen-bond acceptors (Lipinski definition) is 9. The van der Waals surface area contributed by atoms with E-state index < -0.39 is 0 Å². The van der Waals surface area contributed by atoms with E-state index in [2.05, 4.69) is 24.8 Å². The Morgan fingerprint density at radius 2 is 1.44 bits per heavy atom. The molecule has 2 saturated heterocycles. The molecule has 4 rings (SSSR count). The summed E-state index contributed by atoms with van der Waals surface area (Å²) in [6, 6.07) is 0. The number of nitrogens with zero attached hydrogens (tertiary/aromatic N) is 7. The maximum atomic E-state index is 5.44. The van der Waals surface area contributed by atoms with Crippen molar-refractivity contribution < 1.29 is 9.47 Å². The molecule has 134 valence electrons. The minimum Gasteiger partial charge on any atom is -0.378 e. The molecule has 2 aliphatic heterocycles. The van der Waals surface area contributed by atoms with Crippen LogP contribution in [0.2, 0.25) is 0 Å². The molecule has 2 aliphatic rings. The van der Waals surface area contributed by atoms with Gasteiger partial charge in [-0.05, 0) is 11.8 Å². The van der Waals surface area contributed by atoms with Crippen molar-refractivity contribution >= 4 is 23.7 Å². The van der Waals surface area contributed by atoms with Crippen molar-refractivity contribution in [2.75, 3.05) is 62.4 Å². The zero-order chi connectivity index (χ0) is 17.1. The first kappa shape index (κ1) is 16.6. The zero-order valence-electron chi connectivity index (χ0n) is 14.2. The summed E-state index contributed by atoms with van der Waals surface area (Å²) in [5.41, 5.74) is 0. The number of aryl methyl sites for hydroxylation is 1. The maximum Gasteiger partial charge on any atom is 0.231 e. The van der Waals surface area contributed by atoms with Gasteiger partial charge in [-0.2, -0.15) is 15.0 Å². The molecule has 0 bridgehead atoms. The Balaban J connectivity index is 1.65. The van der Waals surface area contributed by atoms with E-state index in [-0.39, 0.29) is 0 Å². The van der Waals surface area contributed by atoms with E-state index in [4.69, 9.17) is 14.5 Å². The predicted molar refractivity (Wildman–Crippen MR) is 93.2 cm³/mol. The summed E-state index contributed by atoms with van der Waals surface area (Å²) in [6.45, 7) is 5.94. The summed E-state index contributed by atoms with van der Waals surface area (Å²) < 4.78 is 12.8. The monoisotopic (exact) mass is 363 g/mol. The highest BCUT2D eigenvalue weighted by Crippen LogP contribution is 2.26. The third-order valence-electron chi connectivity index (χ3n) is 4.14. The fraction of sp³-hybridized carbons (Fsp3) is 0.600. The first-order valence-electron chi connectivity index (χ1n) is 8.36. The summed E-state index contributed by atoms with van der Waals surface area (Å²) in [5, 5.41) is 1.51. The molecule has 4 heterocycles. The van der Waals surface area contributed by atoms with Crippen LogP contribution in [0.4, 0.5) is 11.9 Å². The average molecular weight is 363 g/mol. The largest absolute Gasteiger partial charge is 0.378 e. The number of aromatic nitrogens is 5. The van der Waals surface area contributed by atoms with Crippen LogP contribution in [0, 0.1) is 0 Å². The van der Waals surface area contributed by atoms with Crippen molar-refractivity contribution in [2.24, 2.45) is 7.05 Å². The Bertz CT molecular complexity index is 677. The molecule has 2 fully saturated rings. The summed E-state index contributed by atoms with van der Waals surface area (Å²) in [7, 11) is 1.96. The van der Waals surface area contributed by atoms with E-state index in [9.17, 15) is 0 Å². The van der Waals surface area contributed by atoms with Crippen LogP contribution in [-0.2, 0) is 16.5 Å². The Morgan fingerprint density at radius 3 is 1.92 bits per heavy atom. The van der Waals surface area contributed by atoms with Crippen LogP contribution in [0.5, 0.6) is 0 Å². The second kappa shape index (κ2) is 7.54. The third kappa shape index (κ3) is 3.86. The quantitative estimate of drug-likeness (QED) is 0.768. The first-order valence-corrected chi connectivity index (χ1v) is 9.18. The number of ether oxygens (including phenoxy) is 2. The SMILES string of the molecule is Cn1ccnc1Sc1nc(N2CCOCC2)nc(N2CCOCC2)n1. The molecule has 0 N–H and O–H groups in total. The van der Waals surface area contributed by atoms with E-state index >= 15 is 0 Å². The second-order valence-corrected chi connectivity index (χ2v) is 6.77. The number of rotatable bonds is 4. The molecule has 0 aromatic carbocycles. The molecule has 0 saturated carbocycles. The van der Waals surface area contributed by atoms with Crippen LogP contribution in [0.15, 0.2) is 22.7 Å². The van der Waals surface area contributed by atoms with Crippen LogP contribution < -0.4 is 9.80 Å². The normalized spacial score (nSPS) is 18.6. The van der Waals surface area contributed by atoms with E-state index in [1.165, 1.54) is 11.8 Å². The fourth-order valence-electron chi connectivity index (χ4n) is 2.72. The molecule has 0 unspecified atom stereocenters. The smallest absolute Gasteiger partial charge is 0.231 e. The van der Waals surface area contributed by atoms with Gasteiger partial charge in [-0.25, -0.2) is 4.98 Å². The standard InChI is InChI=1S/C15H21N7O2S/c1-20-3-2-16-15(20)25-14-18-12(21-4-8-23-9-5-21)17-13(19-14)22-6-10-24-11-7-22/h2-3H,4-11H2,1H3. The number of hydrogen-bond donors (Lipinski definition) is 0. The molecule has 0 spiro atoms. The Morgan fingerprint density at radius 1 is 0.880 bits per heavy atom. The summed E-state index contributed by atoms with van der Waals surface area (Å²) in [6.07, 6.45) is 3.69. The Hall–Kier alpha value is -1.91. The van der Waals surface area contributed by atoms with Gasteiger partial charge in [0.1, 0.15) is 0 Å². The van der Waals surface area contributed by atoms with Crippen LogP contribution in [0.25, 0.3) is 0 Å². The van der Waals surface area contributed by atoms with Gasteiger partial charge in [-0.3, -0.25) is 0 Å². The number of morpholine rings is 2. The van der Waals surface area contributed by atoms with Crippen LogP contribution in [0.1, 0.15) is 0 Å². The lowest BCUT2D eigenvalue weighted by molar-refractivity contribution is 0.121. The molecule has 2 aromatic heterocycles. The first-order chi connectivity index (χ1) is 12.3. The molecular formula is C15H21N7O2S. The lowest BCUT2D eigenvalue weighted by atomic mass is 10.4. The molecule has 10 heteroatoms. The van der Waals surface area contributed by atoms with Crippen molar-refractivity contribution in [3.8, 4) is 0 Å². The molecule has 9 nitrogen and oxygen atoms in total. The highest BCUT2D eigenvalue weighted by Gasteiger charge is 2.21. The molecule has 0 amide bonds. The van der Waals surface area contributed by atoms with Crippen molar-refractivity contribution in [3.05, 3.63) is 12.4 Å². The fourth-order valence-corrected chi connectivity index (χ4v) is 3.46. The van der Waals surface area contributed by atoms with Crippen molar-refractivity contribution in [2.45, 2.75) is 10.3 Å². The van der Waals surface area contributed by atoms with Crippen molar-refractivity contribution in [3.63, 3.8) is 0 Å². The third-order valence-corrected chi connectivity index (χ3v) is 5.08. The van der Waals surface area contributed by atoms with Crippen molar-refractivity contribution in [1.82, 2.24) is 24.5 Å². The molecule has 0 radical (unpaired) electrons. The van der Waals surface area contributed by atoms with Gasteiger partial charge < -0.3 is 23.8 Å². The lowest BCUT2D eigenvalue weighted by Crippen LogP contribution is -2.40. The average Bonchev–Trinajstić information content (AvgIpc) is 3.07. The van der Waals surface area contributed by atoms with Crippen molar-refractivity contribution in [1.29, 1.82) is 0 Å². The van der Waals surface area contributed by atoms with Gasteiger partial charge >= 0.3 is 0 Å². The zero-order valence-corrected chi connectivity index (χ0v) is 15.0. The Labute approximate surface area is 150 Å². The molecule has 0 atom stereocenters. The van der Waals surface area contributed by atoms with E-state index in [0.717, 1.165) is 31.3 Å². The predicted octanol–water partition coefficient (Wildman–Crippen LogP) is 0.429. The highest BCUT2D eigenvalue weighted by atomic mass is 32.2. The topological polar surface area (TPSA) is 81.4 Å².